The average molecular weight is 142 g/mol. The number of allylic oxidation sites excluding steroid dienone is 2. The molecule has 2 N–H and O–H groups in total. The van der Waals surface area contributed by atoms with Gasteiger partial charge in [-0.25, -0.2) is 0 Å². The molecule has 0 amide bonds. The van der Waals surface area contributed by atoms with Crippen molar-refractivity contribution in [3.8, 4) is 0 Å². The van der Waals surface area contributed by atoms with Crippen LogP contribution in [0.1, 0.15) is 13.8 Å². The van der Waals surface area contributed by atoms with Crippen molar-refractivity contribution in [3.63, 3.8) is 0 Å². The molecule has 0 aromatic carbocycles. The first kappa shape index (κ1) is 9.40. The van der Waals surface area contributed by atoms with E-state index in [4.69, 9.17) is 10.2 Å². The van der Waals surface area contributed by atoms with Crippen molar-refractivity contribution in [2.24, 2.45) is 0 Å². The molecule has 10 heavy (non-hydrogen) atoms. The molecule has 58 valence electrons. The van der Waals surface area contributed by atoms with Crippen molar-refractivity contribution >= 4 is 0 Å². The summed E-state index contributed by atoms with van der Waals surface area (Å²) in [5, 5.41) is 18.1. The first-order chi connectivity index (χ1) is 4.72. The Hall–Kier alpha value is -0.600. The van der Waals surface area contributed by atoms with Crippen molar-refractivity contribution in [2.75, 3.05) is 0 Å². The molecule has 2 nitrogen and oxygen atoms in total. The van der Waals surface area contributed by atoms with Crippen LogP contribution in [0.5, 0.6) is 0 Å². The second-order valence-corrected chi connectivity index (χ2v) is 2.03. The van der Waals surface area contributed by atoms with E-state index in [0.29, 0.717) is 0 Å². The fourth-order valence-electron chi connectivity index (χ4n) is 0.622. The van der Waals surface area contributed by atoms with Gasteiger partial charge in [-0.1, -0.05) is 24.3 Å². The summed E-state index contributed by atoms with van der Waals surface area (Å²) in [5.74, 6) is 0. The normalized spacial score (nSPS) is 18.4. The summed E-state index contributed by atoms with van der Waals surface area (Å²) in [6.45, 7) is 3.59. The number of aliphatic hydroxyl groups excluding tert-OH is 2. The minimum Gasteiger partial charge on any atom is -0.386 e. The summed E-state index contributed by atoms with van der Waals surface area (Å²) in [7, 11) is 0. The molecule has 0 rings (SSSR count). The maximum absolute atomic E-state index is 9.06. The van der Waals surface area contributed by atoms with Gasteiger partial charge in [0.1, 0.15) is 12.2 Å². The van der Waals surface area contributed by atoms with Crippen LogP contribution >= 0.6 is 0 Å². The van der Waals surface area contributed by atoms with Crippen LogP contribution in [0.3, 0.4) is 0 Å². The van der Waals surface area contributed by atoms with Gasteiger partial charge in [-0.15, -0.1) is 0 Å². The van der Waals surface area contributed by atoms with Gasteiger partial charge in [-0.2, -0.15) is 0 Å². The summed E-state index contributed by atoms with van der Waals surface area (Å²) in [6, 6.07) is 0. The second-order valence-electron chi connectivity index (χ2n) is 2.03. The third kappa shape index (κ3) is 3.43. The topological polar surface area (TPSA) is 40.5 Å². The molecule has 0 spiro atoms. The zero-order valence-corrected chi connectivity index (χ0v) is 6.36. The Labute approximate surface area is 61.5 Å². The molecular weight excluding hydrogens is 128 g/mol. The molecule has 0 heterocycles. The van der Waals surface area contributed by atoms with E-state index in [1.54, 1.807) is 38.2 Å². The van der Waals surface area contributed by atoms with Crippen molar-refractivity contribution in [1.82, 2.24) is 0 Å². The van der Waals surface area contributed by atoms with Crippen molar-refractivity contribution < 1.29 is 10.2 Å². The molecule has 0 aliphatic carbocycles. The number of hydrogen-bond donors (Lipinski definition) is 2. The molecule has 0 saturated carbocycles. The maximum atomic E-state index is 9.06. The number of rotatable bonds is 3. The quantitative estimate of drug-likeness (QED) is 0.574. The zero-order chi connectivity index (χ0) is 7.98. The monoisotopic (exact) mass is 142 g/mol. The molecule has 0 bridgehead atoms. The van der Waals surface area contributed by atoms with Gasteiger partial charge in [-0.05, 0) is 13.8 Å². The molecule has 0 aliphatic heterocycles. The van der Waals surface area contributed by atoms with E-state index in [1.807, 2.05) is 0 Å². The van der Waals surface area contributed by atoms with Crippen LogP contribution in [-0.2, 0) is 0 Å². The Bertz CT molecular complexity index is 111. The number of hydrogen-bond acceptors (Lipinski definition) is 2. The van der Waals surface area contributed by atoms with Gasteiger partial charge >= 0.3 is 0 Å². The second kappa shape index (κ2) is 5.21. The SMILES string of the molecule is C/C=C/[C@@H](O)[C@H](O)/C=C/C. The van der Waals surface area contributed by atoms with E-state index in [1.165, 1.54) is 0 Å². The first-order valence-electron chi connectivity index (χ1n) is 3.34. The maximum Gasteiger partial charge on any atom is 0.102 e. The molecule has 0 aromatic heterocycles. The van der Waals surface area contributed by atoms with E-state index in [-0.39, 0.29) is 0 Å². The third-order valence-corrected chi connectivity index (χ3v) is 1.13. The summed E-state index contributed by atoms with van der Waals surface area (Å²) >= 11 is 0. The Morgan fingerprint density at radius 3 is 1.40 bits per heavy atom. The Morgan fingerprint density at radius 1 is 0.900 bits per heavy atom. The van der Waals surface area contributed by atoms with E-state index in [2.05, 4.69) is 0 Å². The molecule has 2 atom stereocenters. The summed E-state index contributed by atoms with van der Waals surface area (Å²) in [5.41, 5.74) is 0. The third-order valence-electron chi connectivity index (χ3n) is 1.13. The lowest BCUT2D eigenvalue weighted by Gasteiger charge is -2.08. The Kier molecular flexibility index (Phi) is 4.89. The smallest absolute Gasteiger partial charge is 0.102 e. The molecule has 0 aliphatic rings. The van der Waals surface area contributed by atoms with Crippen LogP contribution in [-0.4, -0.2) is 22.4 Å². The summed E-state index contributed by atoms with van der Waals surface area (Å²) in [4.78, 5) is 0. The predicted octanol–water partition coefficient (Wildman–Crippen LogP) is 0.860. The van der Waals surface area contributed by atoms with Crippen LogP contribution in [0.25, 0.3) is 0 Å². The van der Waals surface area contributed by atoms with Crippen molar-refractivity contribution in [1.29, 1.82) is 0 Å². The molecule has 0 radical (unpaired) electrons. The van der Waals surface area contributed by atoms with Gasteiger partial charge in [-0.3, -0.25) is 0 Å². The highest BCUT2D eigenvalue weighted by atomic mass is 16.3. The van der Waals surface area contributed by atoms with Crippen LogP contribution in [0.15, 0.2) is 24.3 Å². The molecule has 0 fully saturated rings. The average Bonchev–Trinajstić information content (AvgIpc) is 1.89. The van der Waals surface area contributed by atoms with Gasteiger partial charge in [0.15, 0.2) is 0 Å². The summed E-state index contributed by atoms with van der Waals surface area (Å²) in [6.07, 6.45) is 4.95. The Morgan fingerprint density at radius 2 is 1.20 bits per heavy atom. The van der Waals surface area contributed by atoms with Crippen LogP contribution < -0.4 is 0 Å². The van der Waals surface area contributed by atoms with E-state index in [0.717, 1.165) is 0 Å². The lowest BCUT2D eigenvalue weighted by molar-refractivity contribution is 0.0807. The molecular formula is C8H14O2. The van der Waals surface area contributed by atoms with Gasteiger partial charge in [0.25, 0.3) is 0 Å². The van der Waals surface area contributed by atoms with Crippen molar-refractivity contribution in [2.45, 2.75) is 26.1 Å². The van der Waals surface area contributed by atoms with Gasteiger partial charge in [0.2, 0.25) is 0 Å². The van der Waals surface area contributed by atoms with Gasteiger partial charge in [0.05, 0.1) is 0 Å². The van der Waals surface area contributed by atoms with Crippen LogP contribution in [0, 0.1) is 0 Å². The standard InChI is InChI=1S/C8H14O2/c1-3-5-7(9)8(10)6-4-2/h3-10H,1-2H3/b5-3+,6-4+/t7-,8-/m1/s1. The molecule has 0 aromatic rings. The van der Waals surface area contributed by atoms with Crippen molar-refractivity contribution in [3.05, 3.63) is 24.3 Å². The fraction of sp³-hybridized carbons (Fsp3) is 0.500. The van der Waals surface area contributed by atoms with Gasteiger partial charge < -0.3 is 10.2 Å². The first-order valence-corrected chi connectivity index (χ1v) is 3.34. The van der Waals surface area contributed by atoms with E-state index >= 15 is 0 Å². The zero-order valence-electron chi connectivity index (χ0n) is 6.36. The van der Waals surface area contributed by atoms with E-state index in [9.17, 15) is 0 Å². The van der Waals surface area contributed by atoms with E-state index < -0.39 is 12.2 Å². The lowest BCUT2D eigenvalue weighted by atomic mass is 10.2. The van der Waals surface area contributed by atoms with Crippen LogP contribution in [0.4, 0.5) is 0 Å². The lowest BCUT2D eigenvalue weighted by Crippen LogP contribution is -2.20. The fourth-order valence-corrected chi connectivity index (χ4v) is 0.622. The number of aliphatic hydroxyl groups is 2. The minimum atomic E-state index is -0.777. The highest BCUT2D eigenvalue weighted by Crippen LogP contribution is 1.96. The summed E-state index contributed by atoms with van der Waals surface area (Å²) < 4.78 is 0. The molecule has 0 saturated heterocycles. The van der Waals surface area contributed by atoms with Crippen LogP contribution in [0.2, 0.25) is 0 Å². The highest BCUT2D eigenvalue weighted by molar-refractivity contribution is 4.98. The molecule has 2 heteroatoms. The van der Waals surface area contributed by atoms with Gasteiger partial charge in [0, 0.05) is 0 Å². The Balaban J connectivity index is 3.81. The molecule has 0 unspecified atom stereocenters. The largest absolute Gasteiger partial charge is 0.386 e. The predicted molar refractivity (Wildman–Crippen MR) is 41.6 cm³/mol. The minimum absolute atomic E-state index is 0.777. The highest BCUT2D eigenvalue weighted by Gasteiger charge is 2.06.